The Morgan fingerprint density at radius 3 is 2.09 bits per heavy atom. The minimum Gasteiger partial charge on any atom is -0.388 e. The Labute approximate surface area is 68.8 Å². The van der Waals surface area contributed by atoms with Gasteiger partial charge >= 0.3 is 0 Å². The van der Waals surface area contributed by atoms with E-state index in [4.69, 9.17) is 0 Å². The van der Waals surface area contributed by atoms with Crippen molar-refractivity contribution in [3.05, 3.63) is 48.7 Å². The SMILES string of the molecule is C=C/C(C)=C(\C=C)C(=C)NC. The summed E-state index contributed by atoms with van der Waals surface area (Å²) in [7, 11) is 1.84. The number of hydrogen-bond donors (Lipinski definition) is 1. The molecule has 0 bridgehead atoms. The van der Waals surface area contributed by atoms with E-state index in [1.165, 1.54) is 0 Å². The number of likely N-dealkylation sites (N-methyl/N-ethyl adjacent to an activating group) is 1. The number of nitrogens with one attached hydrogen (secondary N) is 1. The van der Waals surface area contributed by atoms with Crippen molar-refractivity contribution in [2.75, 3.05) is 7.05 Å². The third-order valence-electron chi connectivity index (χ3n) is 1.56. The fourth-order valence-electron chi connectivity index (χ4n) is 0.767. The van der Waals surface area contributed by atoms with Crippen molar-refractivity contribution in [1.82, 2.24) is 5.32 Å². The molecule has 0 aromatic rings. The molecule has 0 fully saturated rings. The van der Waals surface area contributed by atoms with Crippen molar-refractivity contribution in [2.24, 2.45) is 0 Å². The van der Waals surface area contributed by atoms with Gasteiger partial charge < -0.3 is 5.32 Å². The molecule has 0 aromatic heterocycles. The third-order valence-corrected chi connectivity index (χ3v) is 1.56. The van der Waals surface area contributed by atoms with Gasteiger partial charge in [0, 0.05) is 12.7 Å². The van der Waals surface area contributed by atoms with Gasteiger partial charge in [0.05, 0.1) is 0 Å². The molecule has 0 atom stereocenters. The molecule has 0 aromatic carbocycles. The van der Waals surface area contributed by atoms with Crippen LogP contribution in [0, 0.1) is 0 Å². The van der Waals surface area contributed by atoms with Crippen molar-refractivity contribution < 1.29 is 0 Å². The molecule has 0 aliphatic carbocycles. The smallest absolute Gasteiger partial charge is 0.0340 e. The van der Waals surface area contributed by atoms with E-state index in [0.29, 0.717) is 0 Å². The van der Waals surface area contributed by atoms with E-state index in [0.717, 1.165) is 16.8 Å². The molecule has 0 spiro atoms. The molecule has 0 aliphatic rings. The normalized spacial score (nSPS) is 11.5. The maximum absolute atomic E-state index is 3.83. The van der Waals surface area contributed by atoms with E-state index in [9.17, 15) is 0 Å². The molecule has 60 valence electrons. The van der Waals surface area contributed by atoms with E-state index >= 15 is 0 Å². The summed E-state index contributed by atoms with van der Waals surface area (Å²) in [6.45, 7) is 13.2. The zero-order chi connectivity index (χ0) is 8.85. The molecule has 1 heteroatoms. The van der Waals surface area contributed by atoms with E-state index < -0.39 is 0 Å². The van der Waals surface area contributed by atoms with E-state index in [1.54, 1.807) is 12.2 Å². The van der Waals surface area contributed by atoms with Crippen LogP contribution in [0.3, 0.4) is 0 Å². The molecule has 0 heterocycles. The summed E-state index contributed by atoms with van der Waals surface area (Å²) >= 11 is 0. The van der Waals surface area contributed by atoms with Crippen LogP contribution in [0.15, 0.2) is 48.7 Å². The molecule has 1 nitrogen and oxygen atoms in total. The molecule has 0 radical (unpaired) electrons. The molecule has 0 unspecified atom stereocenters. The lowest BCUT2D eigenvalue weighted by molar-refractivity contribution is 1.01. The van der Waals surface area contributed by atoms with E-state index in [2.05, 4.69) is 25.1 Å². The summed E-state index contributed by atoms with van der Waals surface area (Å²) in [5.74, 6) is 0. The van der Waals surface area contributed by atoms with Gasteiger partial charge in [-0.1, -0.05) is 31.9 Å². The van der Waals surface area contributed by atoms with Gasteiger partial charge in [-0.25, -0.2) is 0 Å². The largest absolute Gasteiger partial charge is 0.388 e. The number of hydrogen-bond acceptors (Lipinski definition) is 1. The molecule has 0 saturated carbocycles. The Morgan fingerprint density at radius 2 is 1.82 bits per heavy atom. The van der Waals surface area contributed by atoms with Crippen LogP contribution in [0.25, 0.3) is 0 Å². The van der Waals surface area contributed by atoms with Crippen LogP contribution in [0.1, 0.15) is 6.92 Å². The first-order valence-corrected chi connectivity index (χ1v) is 3.50. The highest BCUT2D eigenvalue weighted by Crippen LogP contribution is 2.11. The summed E-state index contributed by atoms with van der Waals surface area (Å²) in [6.07, 6.45) is 3.56. The fourth-order valence-corrected chi connectivity index (χ4v) is 0.767. The quantitative estimate of drug-likeness (QED) is 0.605. The Morgan fingerprint density at radius 1 is 1.27 bits per heavy atom. The Bertz CT molecular complexity index is 209. The molecular weight excluding hydrogens is 134 g/mol. The predicted molar refractivity (Wildman–Crippen MR) is 51.3 cm³/mol. The molecular formula is C10H15N. The first kappa shape index (κ1) is 9.76. The average molecular weight is 149 g/mol. The van der Waals surface area contributed by atoms with Crippen LogP contribution >= 0.6 is 0 Å². The lowest BCUT2D eigenvalue weighted by atomic mass is 10.1. The highest BCUT2D eigenvalue weighted by molar-refractivity contribution is 5.42. The highest BCUT2D eigenvalue weighted by atomic mass is 14.8. The molecule has 0 saturated heterocycles. The van der Waals surface area contributed by atoms with Crippen LogP contribution in [0.5, 0.6) is 0 Å². The van der Waals surface area contributed by atoms with Gasteiger partial charge in [-0.05, 0) is 18.1 Å². The number of rotatable bonds is 4. The monoisotopic (exact) mass is 149 g/mol. The number of allylic oxidation sites excluding steroid dienone is 3. The second-order valence-corrected chi connectivity index (χ2v) is 2.23. The fraction of sp³-hybridized carbons (Fsp3) is 0.200. The minimum absolute atomic E-state index is 0.873. The van der Waals surface area contributed by atoms with Crippen LogP contribution < -0.4 is 5.32 Å². The van der Waals surface area contributed by atoms with Crippen molar-refractivity contribution in [3.63, 3.8) is 0 Å². The van der Waals surface area contributed by atoms with Gasteiger partial charge in [0.25, 0.3) is 0 Å². The van der Waals surface area contributed by atoms with Crippen molar-refractivity contribution in [1.29, 1.82) is 0 Å². The Hall–Kier alpha value is -1.24. The van der Waals surface area contributed by atoms with E-state index in [-0.39, 0.29) is 0 Å². The van der Waals surface area contributed by atoms with Crippen molar-refractivity contribution >= 4 is 0 Å². The molecule has 0 aliphatic heterocycles. The zero-order valence-electron chi connectivity index (χ0n) is 7.28. The topological polar surface area (TPSA) is 12.0 Å². The summed E-state index contributed by atoms with van der Waals surface area (Å²) in [5, 5.41) is 2.96. The lowest BCUT2D eigenvalue weighted by Crippen LogP contribution is -2.06. The minimum atomic E-state index is 0.873. The summed E-state index contributed by atoms with van der Waals surface area (Å²) in [4.78, 5) is 0. The van der Waals surface area contributed by atoms with Crippen molar-refractivity contribution in [3.8, 4) is 0 Å². The van der Waals surface area contributed by atoms with Gasteiger partial charge in [0.2, 0.25) is 0 Å². The molecule has 1 N–H and O–H groups in total. The standard InChI is InChI=1S/C10H15N/c1-6-8(3)10(7-2)9(4)11-5/h6-7,11H,1-2,4H2,3,5H3/b10-8+. The maximum Gasteiger partial charge on any atom is 0.0340 e. The van der Waals surface area contributed by atoms with Gasteiger partial charge in [-0.3, -0.25) is 0 Å². The van der Waals surface area contributed by atoms with Crippen LogP contribution in [-0.4, -0.2) is 7.05 Å². The van der Waals surface area contributed by atoms with Crippen LogP contribution in [0.2, 0.25) is 0 Å². The van der Waals surface area contributed by atoms with Crippen molar-refractivity contribution in [2.45, 2.75) is 6.92 Å². The lowest BCUT2D eigenvalue weighted by Gasteiger charge is -2.07. The first-order valence-electron chi connectivity index (χ1n) is 3.50. The summed E-state index contributed by atoms with van der Waals surface area (Å²) in [6, 6.07) is 0. The Balaban J connectivity index is 4.78. The van der Waals surface area contributed by atoms with Crippen LogP contribution in [0.4, 0.5) is 0 Å². The summed E-state index contributed by atoms with van der Waals surface area (Å²) < 4.78 is 0. The predicted octanol–water partition coefficient (Wildman–Crippen LogP) is 2.41. The molecule has 0 amide bonds. The second-order valence-electron chi connectivity index (χ2n) is 2.23. The average Bonchev–Trinajstić information content (AvgIpc) is 2.05. The van der Waals surface area contributed by atoms with E-state index in [1.807, 2.05) is 14.0 Å². The van der Waals surface area contributed by atoms with Gasteiger partial charge in [0.15, 0.2) is 0 Å². The summed E-state index contributed by atoms with van der Waals surface area (Å²) in [5.41, 5.74) is 2.97. The van der Waals surface area contributed by atoms with Gasteiger partial charge in [0.1, 0.15) is 0 Å². The maximum atomic E-state index is 3.83. The second kappa shape index (κ2) is 4.56. The van der Waals surface area contributed by atoms with Gasteiger partial charge in [-0.15, -0.1) is 0 Å². The molecule has 11 heavy (non-hydrogen) atoms. The first-order chi connectivity index (χ1) is 5.17. The highest BCUT2D eigenvalue weighted by Gasteiger charge is 1.97. The van der Waals surface area contributed by atoms with Crippen LogP contribution in [-0.2, 0) is 0 Å². The Kier molecular flexibility index (Phi) is 4.04. The third kappa shape index (κ3) is 2.46. The zero-order valence-corrected chi connectivity index (χ0v) is 7.28. The van der Waals surface area contributed by atoms with Gasteiger partial charge in [-0.2, -0.15) is 0 Å². The molecule has 0 rings (SSSR count).